The third kappa shape index (κ3) is 3.32. The largest absolute Gasteiger partial charge is 0.507 e. The minimum atomic E-state index is 0.171. The van der Waals surface area contributed by atoms with Gasteiger partial charge < -0.3 is 15.2 Å². The lowest BCUT2D eigenvalue weighted by Crippen LogP contribution is -2.51. The van der Waals surface area contributed by atoms with Gasteiger partial charge in [-0.05, 0) is 49.9 Å². The molecule has 0 radical (unpaired) electrons. The Bertz CT molecular complexity index is 948. The molecular formula is C21H22N4O2. The Hall–Kier alpha value is -2.73. The van der Waals surface area contributed by atoms with Gasteiger partial charge in [-0.25, -0.2) is 0 Å². The number of rotatable bonds is 3. The maximum absolute atomic E-state index is 10.4. The second-order valence-electron chi connectivity index (χ2n) is 7.52. The van der Waals surface area contributed by atoms with E-state index in [2.05, 4.69) is 20.5 Å². The number of ether oxygens (including phenoxy) is 1. The van der Waals surface area contributed by atoms with Crippen molar-refractivity contribution in [1.29, 1.82) is 0 Å². The summed E-state index contributed by atoms with van der Waals surface area (Å²) in [5.74, 6) is 0.715. The molecule has 1 aromatic carbocycles. The molecule has 2 saturated heterocycles. The molecule has 6 nitrogen and oxygen atoms in total. The Labute approximate surface area is 157 Å². The van der Waals surface area contributed by atoms with E-state index in [1.165, 1.54) is 19.3 Å². The van der Waals surface area contributed by atoms with Gasteiger partial charge >= 0.3 is 0 Å². The fourth-order valence-corrected chi connectivity index (χ4v) is 4.32. The Morgan fingerprint density at radius 2 is 1.89 bits per heavy atom. The predicted molar refractivity (Wildman–Crippen MR) is 103 cm³/mol. The topological polar surface area (TPSA) is 80.2 Å². The van der Waals surface area contributed by atoms with Crippen LogP contribution >= 0.6 is 0 Å². The lowest BCUT2D eigenvalue weighted by atomic mass is 9.85. The van der Waals surface area contributed by atoms with E-state index >= 15 is 0 Å². The predicted octanol–water partition coefficient (Wildman–Crippen LogP) is 3.45. The Morgan fingerprint density at radius 3 is 2.67 bits per heavy atom. The molecule has 138 valence electrons. The van der Waals surface area contributed by atoms with Crippen molar-refractivity contribution in [2.75, 3.05) is 0 Å². The van der Waals surface area contributed by atoms with Crippen LogP contribution in [-0.4, -0.2) is 38.5 Å². The zero-order valence-electron chi connectivity index (χ0n) is 15.0. The summed E-state index contributed by atoms with van der Waals surface area (Å²) in [5, 5.41) is 23.4. The maximum atomic E-state index is 10.4. The number of piperidine rings is 2. The van der Waals surface area contributed by atoms with E-state index in [9.17, 15) is 5.11 Å². The van der Waals surface area contributed by atoms with Crippen LogP contribution < -0.4 is 10.1 Å². The van der Waals surface area contributed by atoms with Gasteiger partial charge in [-0.2, -0.15) is 0 Å². The number of phenolic OH excluding ortho intramolecular Hbond substituents is 1. The Kier molecular flexibility index (Phi) is 4.13. The monoisotopic (exact) mass is 362 g/mol. The van der Waals surface area contributed by atoms with Crippen molar-refractivity contribution in [3.8, 4) is 22.9 Å². The maximum Gasteiger partial charge on any atom is 0.233 e. The van der Waals surface area contributed by atoms with Gasteiger partial charge in [0, 0.05) is 35.3 Å². The van der Waals surface area contributed by atoms with Crippen LogP contribution in [0.1, 0.15) is 32.1 Å². The highest BCUT2D eigenvalue weighted by Crippen LogP contribution is 2.32. The first-order chi connectivity index (χ1) is 13.2. The summed E-state index contributed by atoms with van der Waals surface area (Å²) >= 11 is 0. The van der Waals surface area contributed by atoms with E-state index in [-0.39, 0.29) is 11.9 Å². The van der Waals surface area contributed by atoms with Crippen LogP contribution in [0, 0.1) is 0 Å². The average Bonchev–Trinajstić information content (AvgIpc) is 2.68. The quantitative estimate of drug-likeness (QED) is 0.743. The number of benzene rings is 1. The molecule has 2 N–H and O–H groups in total. The van der Waals surface area contributed by atoms with Gasteiger partial charge in [0.2, 0.25) is 5.88 Å². The average molecular weight is 362 g/mol. The first kappa shape index (κ1) is 16.4. The number of aromatic hydroxyl groups is 1. The summed E-state index contributed by atoms with van der Waals surface area (Å²) in [6.45, 7) is 0. The van der Waals surface area contributed by atoms with E-state index in [0.29, 0.717) is 29.2 Å². The lowest BCUT2D eigenvalue weighted by molar-refractivity contribution is 0.0881. The van der Waals surface area contributed by atoms with Gasteiger partial charge in [-0.15, -0.1) is 10.2 Å². The number of hydrogen-bond donors (Lipinski definition) is 2. The Morgan fingerprint density at radius 1 is 1.04 bits per heavy atom. The molecule has 0 spiro atoms. The summed E-state index contributed by atoms with van der Waals surface area (Å²) < 4.78 is 6.09. The number of nitrogens with one attached hydrogen (secondary N) is 1. The molecule has 3 aromatic rings. The normalized spacial score (nSPS) is 24.7. The van der Waals surface area contributed by atoms with Crippen LogP contribution in [0.15, 0.2) is 42.6 Å². The number of aromatic nitrogens is 3. The van der Waals surface area contributed by atoms with Gasteiger partial charge in [0.25, 0.3) is 0 Å². The highest BCUT2D eigenvalue weighted by Gasteiger charge is 2.32. The molecule has 2 bridgehead atoms. The van der Waals surface area contributed by atoms with Crippen molar-refractivity contribution >= 4 is 10.9 Å². The lowest BCUT2D eigenvalue weighted by Gasteiger charge is -2.39. The van der Waals surface area contributed by atoms with Crippen molar-refractivity contribution in [1.82, 2.24) is 20.5 Å². The molecule has 0 saturated carbocycles. The van der Waals surface area contributed by atoms with E-state index in [1.807, 2.05) is 30.3 Å². The summed E-state index contributed by atoms with van der Waals surface area (Å²) in [7, 11) is 0. The third-order valence-electron chi connectivity index (χ3n) is 5.60. The van der Waals surface area contributed by atoms with Crippen LogP contribution in [0.3, 0.4) is 0 Å². The molecule has 2 atom stereocenters. The summed E-state index contributed by atoms with van der Waals surface area (Å²) in [5.41, 5.74) is 2.04. The van der Waals surface area contributed by atoms with Crippen molar-refractivity contribution in [3.05, 3.63) is 42.6 Å². The molecule has 0 amide bonds. The number of nitrogens with zero attached hydrogens (tertiary/aromatic N) is 3. The molecule has 0 aliphatic carbocycles. The van der Waals surface area contributed by atoms with Crippen LogP contribution in [-0.2, 0) is 0 Å². The summed E-state index contributed by atoms with van der Waals surface area (Å²) in [6.07, 6.45) is 7.76. The standard InChI is InChI=1S/C21H22N4O2/c26-20-9-13-3-2-8-22-19(13)12-17(20)18-6-7-21(25-24-18)27-16-10-14-4-1-5-15(11-16)23-14/h2-3,6-9,12,14-16,23,26H,1,4-5,10-11H2. The minimum absolute atomic E-state index is 0.171. The Balaban J connectivity index is 1.35. The fraction of sp³-hybridized carbons (Fsp3) is 0.381. The van der Waals surface area contributed by atoms with E-state index in [4.69, 9.17) is 4.74 Å². The first-order valence-corrected chi connectivity index (χ1v) is 9.59. The number of fused-ring (bicyclic) bond motifs is 3. The highest BCUT2D eigenvalue weighted by atomic mass is 16.5. The zero-order valence-corrected chi connectivity index (χ0v) is 15.0. The van der Waals surface area contributed by atoms with Crippen molar-refractivity contribution in [2.24, 2.45) is 0 Å². The molecule has 2 fully saturated rings. The number of phenols is 1. The number of hydrogen-bond acceptors (Lipinski definition) is 6. The van der Waals surface area contributed by atoms with Crippen LogP contribution in [0.5, 0.6) is 11.6 Å². The molecule has 5 rings (SSSR count). The van der Waals surface area contributed by atoms with Crippen molar-refractivity contribution in [3.63, 3.8) is 0 Å². The van der Waals surface area contributed by atoms with Gasteiger partial charge in [-0.3, -0.25) is 4.98 Å². The zero-order chi connectivity index (χ0) is 18.2. The van der Waals surface area contributed by atoms with Crippen LogP contribution in [0.2, 0.25) is 0 Å². The molecule has 2 aromatic heterocycles. The minimum Gasteiger partial charge on any atom is -0.507 e. The number of pyridine rings is 1. The second kappa shape index (κ2) is 6.78. The summed E-state index contributed by atoms with van der Waals surface area (Å²) in [6, 6.07) is 12.1. The van der Waals surface area contributed by atoms with Crippen LogP contribution in [0.4, 0.5) is 0 Å². The van der Waals surface area contributed by atoms with E-state index in [0.717, 1.165) is 23.7 Å². The highest BCUT2D eigenvalue weighted by molar-refractivity contribution is 5.86. The summed E-state index contributed by atoms with van der Waals surface area (Å²) in [4.78, 5) is 4.34. The molecule has 27 heavy (non-hydrogen) atoms. The van der Waals surface area contributed by atoms with Crippen molar-refractivity contribution < 1.29 is 9.84 Å². The van der Waals surface area contributed by atoms with Gasteiger partial charge in [0.05, 0.1) is 11.2 Å². The fourth-order valence-electron chi connectivity index (χ4n) is 4.32. The first-order valence-electron chi connectivity index (χ1n) is 9.59. The third-order valence-corrected chi connectivity index (χ3v) is 5.60. The van der Waals surface area contributed by atoms with Crippen LogP contribution in [0.25, 0.3) is 22.2 Å². The molecular weight excluding hydrogens is 340 g/mol. The second-order valence-corrected chi connectivity index (χ2v) is 7.52. The molecule has 4 heterocycles. The molecule has 2 unspecified atom stereocenters. The van der Waals surface area contributed by atoms with Gasteiger partial charge in [-0.1, -0.05) is 12.5 Å². The molecule has 2 aliphatic heterocycles. The van der Waals surface area contributed by atoms with Gasteiger partial charge in [0.15, 0.2) is 0 Å². The van der Waals surface area contributed by atoms with Crippen molar-refractivity contribution in [2.45, 2.75) is 50.3 Å². The SMILES string of the molecule is Oc1cc2cccnc2cc1-c1ccc(OC2CC3CCCC(C2)N3)nn1. The smallest absolute Gasteiger partial charge is 0.233 e. The van der Waals surface area contributed by atoms with E-state index < -0.39 is 0 Å². The van der Waals surface area contributed by atoms with Gasteiger partial charge in [0.1, 0.15) is 11.9 Å². The molecule has 2 aliphatic rings. The van der Waals surface area contributed by atoms with E-state index in [1.54, 1.807) is 12.3 Å². The molecule has 6 heteroatoms.